The van der Waals surface area contributed by atoms with Crippen molar-refractivity contribution >= 4 is 28.4 Å². The Hall–Kier alpha value is -1.01. The van der Waals surface area contributed by atoms with E-state index in [0.29, 0.717) is 10.5 Å². The van der Waals surface area contributed by atoms with E-state index in [4.69, 9.17) is 0 Å². The van der Waals surface area contributed by atoms with Crippen LogP contribution in [-0.2, 0) is 9.84 Å². The van der Waals surface area contributed by atoms with E-state index >= 15 is 0 Å². The molecule has 0 aromatic heterocycles. The summed E-state index contributed by atoms with van der Waals surface area (Å²) in [5, 5.41) is 2.67. The third kappa shape index (κ3) is 4.70. The van der Waals surface area contributed by atoms with Crippen molar-refractivity contribution < 1.29 is 13.2 Å². The Balaban J connectivity index is 2.80. The highest BCUT2D eigenvalue weighted by Crippen LogP contribution is 2.14. The minimum atomic E-state index is -3.10. The first-order chi connectivity index (χ1) is 8.19. The van der Waals surface area contributed by atoms with Crippen molar-refractivity contribution in [2.24, 2.45) is 0 Å². The smallest absolute Gasteiger partial charge is 0.251 e. The van der Waals surface area contributed by atoms with Gasteiger partial charge in [0, 0.05) is 22.8 Å². The summed E-state index contributed by atoms with van der Waals surface area (Å²) in [5.41, 5.74) is 1.35. The number of rotatable bonds is 4. The SMILES string of the molecule is Cc1ccc(S)cc1C(=O)NC(C)CS(C)(=O)=O. The molecule has 1 atom stereocenters. The lowest BCUT2D eigenvalue weighted by atomic mass is 10.1. The molecular weight excluding hydrogens is 270 g/mol. The zero-order valence-electron chi connectivity index (χ0n) is 10.6. The van der Waals surface area contributed by atoms with Gasteiger partial charge in [0.1, 0.15) is 9.84 Å². The highest BCUT2D eigenvalue weighted by atomic mass is 32.2. The molecule has 0 aliphatic carbocycles. The van der Waals surface area contributed by atoms with Crippen LogP contribution in [0.5, 0.6) is 0 Å². The second kappa shape index (κ2) is 5.75. The van der Waals surface area contributed by atoms with Crippen LogP contribution >= 0.6 is 12.6 Å². The van der Waals surface area contributed by atoms with Gasteiger partial charge in [0.25, 0.3) is 5.91 Å². The highest BCUT2D eigenvalue weighted by Gasteiger charge is 2.15. The van der Waals surface area contributed by atoms with Crippen LogP contribution in [0.25, 0.3) is 0 Å². The summed E-state index contributed by atoms with van der Waals surface area (Å²) >= 11 is 4.18. The van der Waals surface area contributed by atoms with Crippen molar-refractivity contribution in [3.63, 3.8) is 0 Å². The first-order valence-electron chi connectivity index (χ1n) is 5.47. The molecule has 18 heavy (non-hydrogen) atoms. The quantitative estimate of drug-likeness (QED) is 0.824. The highest BCUT2D eigenvalue weighted by molar-refractivity contribution is 7.90. The molecule has 6 heteroatoms. The molecule has 4 nitrogen and oxygen atoms in total. The zero-order valence-corrected chi connectivity index (χ0v) is 12.3. The molecule has 0 heterocycles. The molecule has 0 aliphatic heterocycles. The maximum absolute atomic E-state index is 12.0. The van der Waals surface area contributed by atoms with Gasteiger partial charge in [0.15, 0.2) is 0 Å². The number of hydrogen-bond donors (Lipinski definition) is 2. The largest absolute Gasteiger partial charge is 0.349 e. The van der Waals surface area contributed by atoms with Gasteiger partial charge in [0.05, 0.1) is 5.75 Å². The molecule has 1 aromatic carbocycles. The molecular formula is C12H17NO3S2. The Morgan fingerprint density at radius 2 is 2.06 bits per heavy atom. The normalized spacial score (nSPS) is 13.1. The fraction of sp³-hybridized carbons (Fsp3) is 0.417. The lowest BCUT2D eigenvalue weighted by Crippen LogP contribution is -2.37. The Morgan fingerprint density at radius 3 is 2.61 bits per heavy atom. The van der Waals surface area contributed by atoms with Crippen LogP contribution in [0.3, 0.4) is 0 Å². The predicted molar refractivity (Wildman–Crippen MR) is 75.1 cm³/mol. The second-order valence-electron chi connectivity index (χ2n) is 4.47. The van der Waals surface area contributed by atoms with Crippen LogP contribution in [0.1, 0.15) is 22.8 Å². The van der Waals surface area contributed by atoms with E-state index in [-0.39, 0.29) is 11.7 Å². The van der Waals surface area contributed by atoms with E-state index in [1.54, 1.807) is 25.1 Å². The molecule has 0 aliphatic rings. The molecule has 0 saturated carbocycles. The van der Waals surface area contributed by atoms with Crippen LogP contribution in [0, 0.1) is 6.92 Å². The van der Waals surface area contributed by atoms with E-state index in [9.17, 15) is 13.2 Å². The average molecular weight is 287 g/mol. The standard InChI is InChI=1S/C12H17NO3S2/c1-8-4-5-10(17)6-11(8)12(14)13-9(2)7-18(3,15)16/h4-6,9,17H,7H2,1-3H3,(H,13,14). The van der Waals surface area contributed by atoms with E-state index in [1.807, 2.05) is 6.92 Å². The number of hydrogen-bond acceptors (Lipinski definition) is 4. The number of carbonyl (C=O) groups excluding carboxylic acids is 1. The fourth-order valence-corrected chi connectivity index (χ4v) is 2.85. The van der Waals surface area contributed by atoms with Gasteiger partial charge in [0.2, 0.25) is 0 Å². The summed E-state index contributed by atoms with van der Waals surface area (Å²) < 4.78 is 22.2. The van der Waals surface area contributed by atoms with Gasteiger partial charge in [-0.05, 0) is 31.5 Å². The summed E-state index contributed by atoms with van der Waals surface area (Å²) in [6.45, 7) is 3.49. The predicted octanol–water partition coefficient (Wildman–Crippen LogP) is 1.45. The molecule has 0 fully saturated rings. The molecule has 0 saturated heterocycles. The Labute approximate surface area is 113 Å². The van der Waals surface area contributed by atoms with Crippen LogP contribution in [0.4, 0.5) is 0 Å². The molecule has 0 spiro atoms. The zero-order chi connectivity index (χ0) is 13.9. The van der Waals surface area contributed by atoms with Gasteiger partial charge in [-0.3, -0.25) is 4.79 Å². The average Bonchev–Trinajstić information content (AvgIpc) is 2.18. The van der Waals surface area contributed by atoms with Gasteiger partial charge >= 0.3 is 0 Å². The van der Waals surface area contributed by atoms with E-state index in [0.717, 1.165) is 11.8 Å². The van der Waals surface area contributed by atoms with E-state index in [1.165, 1.54) is 0 Å². The molecule has 0 radical (unpaired) electrons. The maximum atomic E-state index is 12.0. The van der Waals surface area contributed by atoms with Crippen LogP contribution in [0.15, 0.2) is 23.1 Å². The van der Waals surface area contributed by atoms with Crippen LogP contribution in [0.2, 0.25) is 0 Å². The van der Waals surface area contributed by atoms with Gasteiger partial charge in [-0.1, -0.05) is 6.07 Å². The number of nitrogens with one attached hydrogen (secondary N) is 1. The number of sulfone groups is 1. The molecule has 1 amide bonds. The number of thiol groups is 1. The number of amides is 1. The first-order valence-corrected chi connectivity index (χ1v) is 7.98. The lowest BCUT2D eigenvalue weighted by molar-refractivity contribution is 0.0943. The summed E-state index contributed by atoms with van der Waals surface area (Å²) in [7, 11) is -3.10. The lowest BCUT2D eigenvalue weighted by Gasteiger charge is -2.14. The van der Waals surface area contributed by atoms with Crippen molar-refractivity contribution in [1.29, 1.82) is 0 Å². The first kappa shape index (κ1) is 15.0. The minimum Gasteiger partial charge on any atom is -0.349 e. The molecule has 1 N–H and O–H groups in total. The summed E-state index contributed by atoms with van der Waals surface area (Å²) in [5.74, 6) is -0.349. The van der Waals surface area contributed by atoms with Gasteiger partial charge in [-0.25, -0.2) is 8.42 Å². The minimum absolute atomic E-state index is 0.0711. The second-order valence-corrected chi connectivity index (χ2v) is 7.17. The number of aryl methyl sites for hydroxylation is 1. The van der Waals surface area contributed by atoms with Crippen LogP contribution in [-0.4, -0.2) is 32.4 Å². The van der Waals surface area contributed by atoms with Gasteiger partial charge in [-0.15, -0.1) is 12.6 Å². The van der Waals surface area contributed by atoms with Crippen molar-refractivity contribution in [2.45, 2.75) is 24.8 Å². The van der Waals surface area contributed by atoms with Crippen LogP contribution < -0.4 is 5.32 Å². The van der Waals surface area contributed by atoms with Gasteiger partial charge < -0.3 is 5.32 Å². The van der Waals surface area contributed by atoms with E-state index < -0.39 is 15.9 Å². The molecule has 1 aromatic rings. The third-order valence-electron chi connectivity index (χ3n) is 2.40. The summed E-state index contributed by atoms with van der Waals surface area (Å²) in [6.07, 6.45) is 1.15. The monoisotopic (exact) mass is 287 g/mol. The Morgan fingerprint density at radius 1 is 1.44 bits per heavy atom. The number of carbonyl (C=O) groups is 1. The van der Waals surface area contributed by atoms with Crippen molar-refractivity contribution in [3.05, 3.63) is 29.3 Å². The topological polar surface area (TPSA) is 63.2 Å². The number of benzene rings is 1. The van der Waals surface area contributed by atoms with Crippen molar-refractivity contribution in [3.8, 4) is 0 Å². The third-order valence-corrected chi connectivity index (χ3v) is 3.78. The molecule has 1 rings (SSSR count). The molecule has 1 unspecified atom stereocenters. The van der Waals surface area contributed by atoms with Crippen molar-refractivity contribution in [1.82, 2.24) is 5.32 Å². The Bertz CT molecular complexity index is 552. The summed E-state index contributed by atoms with van der Waals surface area (Å²) in [4.78, 5) is 12.7. The van der Waals surface area contributed by atoms with Gasteiger partial charge in [-0.2, -0.15) is 0 Å². The fourth-order valence-electron chi connectivity index (χ4n) is 1.65. The maximum Gasteiger partial charge on any atom is 0.251 e. The molecule has 0 bridgehead atoms. The Kier molecular flexibility index (Phi) is 4.81. The molecule has 100 valence electrons. The summed E-state index contributed by atoms with van der Waals surface area (Å²) in [6, 6.07) is 4.85. The van der Waals surface area contributed by atoms with Crippen molar-refractivity contribution in [2.75, 3.05) is 12.0 Å². The van der Waals surface area contributed by atoms with E-state index in [2.05, 4.69) is 17.9 Å².